The number of nitrogens with one attached hydrogen (secondary N) is 1. The Morgan fingerprint density at radius 2 is 1.83 bits per heavy atom. The molecule has 1 aromatic rings. The molecule has 1 aliphatic heterocycles. The van der Waals surface area contributed by atoms with Gasteiger partial charge in [0.25, 0.3) is 0 Å². The smallest absolute Gasteiger partial charge is 0.168 e. The molecule has 18 heavy (non-hydrogen) atoms. The molecule has 0 amide bonds. The van der Waals surface area contributed by atoms with E-state index in [0.29, 0.717) is 5.41 Å². The summed E-state index contributed by atoms with van der Waals surface area (Å²) in [4.78, 5) is 5.92. The third-order valence-corrected chi connectivity index (χ3v) is 3.56. The van der Waals surface area contributed by atoms with Crippen LogP contribution in [0.1, 0.15) is 26.7 Å². The first-order chi connectivity index (χ1) is 8.43. The van der Waals surface area contributed by atoms with Crippen molar-refractivity contribution in [3.63, 3.8) is 0 Å². The molecule has 3 nitrogen and oxygen atoms in total. The van der Waals surface area contributed by atoms with Gasteiger partial charge in [-0.3, -0.25) is 0 Å². The minimum Gasteiger partial charge on any atom is -0.371 e. The van der Waals surface area contributed by atoms with Crippen LogP contribution in [0, 0.1) is 17.0 Å². The van der Waals surface area contributed by atoms with Gasteiger partial charge in [-0.05, 0) is 18.3 Å². The first-order valence-electron chi connectivity index (χ1n) is 6.22. The SMILES string of the molecule is CNc1nc(N2CCC(C)(C)CC2)c(F)cc1F. The van der Waals surface area contributed by atoms with Gasteiger partial charge >= 0.3 is 0 Å². The van der Waals surface area contributed by atoms with Crippen LogP contribution >= 0.6 is 0 Å². The maximum atomic E-state index is 13.8. The second-order valence-corrected chi connectivity index (χ2v) is 5.53. The van der Waals surface area contributed by atoms with Gasteiger partial charge in [-0.1, -0.05) is 13.8 Å². The zero-order chi connectivity index (χ0) is 13.3. The Kier molecular flexibility index (Phi) is 3.41. The number of piperidine rings is 1. The molecule has 2 rings (SSSR count). The normalized spacial score (nSPS) is 18.8. The fourth-order valence-electron chi connectivity index (χ4n) is 2.18. The molecule has 0 atom stereocenters. The molecule has 1 aliphatic rings. The minimum atomic E-state index is -0.656. The molecule has 0 saturated carbocycles. The molecule has 1 saturated heterocycles. The molecule has 0 bridgehead atoms. The third kappa shape index (κ3) is 2.54. The lowest BCUT2D eigenvalue weighted by Gasteiger charge is -2.37. The predicted molar refractivity (Wildman–Crippen MR) is 68.9 cm³/mol. The van der Waals surface area contributed by atoms with E-state index >= 15 is 0 Å². The van der Waals surface area contributed by atoms with E-state index in [1.54, 1.807) is 7.05 Å². The lowest BCUT2D eigenvalue weighted by Crippen LogP contribution is -2.38. The Morgan fingerprint density at radius 3 is 2.39 bits per heavy atom. The van der Waals surface area contributed by atoms with Crippen molar-refractivity contribution in [2.24, 2.45) is 5.41 Å². The lowest BCUT2D eigenvalue weighted by molar-refractivity contribution is 0.278. The molecule has 1 aromatic heterocycles. The highest BCUT2D eigenvalue weighted by Gasteiger charge is 2.27. The second-order valence-electron chi connectivity index (χ2n) is 5.53. The number of hydrogen-bond donors (Lipinski definition) is 1. The van der Waals surface area contributed by atoms with Gasteiger partial charge in [0.2, 0.25) is 0 Å². The Morgan fingerprint density at radius 1 is 1.22 bits per heavy atom. The molecular weight excluding hydrogens is 236 g/mol. The highest BCUT2D eigenvalue weighted by molar-refractivity contribution is 5.49. The standard InChI is InChI=1S/C13H19F2N3/c1-13(2)4-6-18(7-5-13)12-10(15)8-9(14)11(16-3)17-12/h8H,4-7H2,1-3H3,(H,16,17). The largest absolute Gasteiger partial charge is 0.371 e. The Labute approximate surface area is 106 Å². The first-order valence-corrected chi connectivity index (χ1v) is 6.22. The van der Waals surface area contributed by atoms with Crippen molar-refractivity contribution < 1.29 is 8.78 Å². The van der Waals surface area contributed by atoms with Gasteiger partial charge in [0.05, 0.1) is 0 Å². The van der Waals surface area contributed by atoms with E-state index in [4.69, 9.17) is 0 Å². The predicted octanol–water partition coefficient (Wildman–Crippen LogP) is 3.03. The highest BCUT2D eigenvalue weighted by Crippen LogP contribution is 2.33. The van der Waals surface area contributed by atoms with Gasteiger partial charge in [0.1, 0.15) is 0 Å². The third-order valence-electron chi connectivity index (χ3n) is 3.56. The Balaban J connectivity index is 2.24. The van der Waals surface area contributed by atoms with E-state index in [1.165, 1.54) is 0 Å². The van der Waals surface area contributed by atoms with E-state index in [0.717, 1.165) is 32.0 Å². The van der Waals surface area contributed by atoms with Crippen molar-refractivity contribution in [2.75, 3.05) is 30.4 Å². The van der Waals surface area contributed by atoms with Crippen LogP contribution in [0.3, 0.4) is 0 Å². The maximum Gasteiger partial charge on any atom is 0.168 e. The van der Waals surface area contributed by atoms with Gasteiger partial charge in [-0.25, -0.2) is 13.8 Å². The molecule has 2 heterocycles. The van der Waals surface area contributed by atoms with Crippen LogP contribution in [-0.2, 0) is 0 Å². The van der Waals surface area contributed by atoms with Crippen molar-refractivity contribution in [2.45, 2.75) is 26.7 Å². The van der Waals surface area contributed by atoms with Crippen molar-refractivity contribution in [3.8, 4) is 0 Å². The van der Waals surface area contributed by atoms with Gasteiger partial charge in [0.15, 0.2) is 23.3 Å². The monoisotopic (exact) mass is 255 g/mol. The molecule has 0 aliphatic carbocycles. The highest BCUT2D eigenvalue weighted by atomic mass is 19.1. The summed E-state index contributed by atoms with van der Waals surface area (Å²) in [5.74, 6) is -0.908. The molecule has 0 unspecified atom stereocenters. The van der Waals surface area contributed by atoms with Gasteiger partial charge in [-0.2, -0.15) is 0 Å². The number of pyridine rings is 1. The number of nitrogens with zero attached hydrogens (tertiary/aromatic N) is 2. The van der Waals surface area contributed by atoms with Crippen LogP contribution in [0.4, 0.5) is 20.4 Å². The zero-order valence-electron chi connectivity index (χ0n) is 11.1. The van der Waals surface area contributed by atoms with Crippen molar-refractivity contribution in [3.05, 3.63) is 17.7 Å². The molecule has 5 heteroatoms. The van der Waals surface area contributed by atoms with Crippen molar-refractivity contribution in [1.29, 1.82) is 0 Å². The van der Waals surface area contributed by atoms with Crippen molar-refractivity contribution >= 4 is 11.6 Å². The van der Waals surface area contributed by atoms with Crippen LogP contribution in [0.2, 0.25) is 0 Å². The van der Waals surface area contributed by atoms with E-state index < -0.39 is 11.6 Å². The van der Waals surface area contributed by atoms with E-state index in [1.807, 2.05) is 4.90 Å². The van der Waals surface area contributed by atoms with Gasteiger partial charge in [-0.15, -0.1) is 0 Å². The molecule has 100 valence electrons. The number of rotatable bonds is 2. The number of halogens is 2. The number of hydrogen-bond acceptors (Lipinski definition) is 3. The fourth-order valence-corrected chi connectivity index (χ4v) is 2.18. The van der Waals surface area contributed by atoms with E-state index in [2.05, 4.69) is 24.1 Å². The summed E-state index contributed by atoms with van der Waals surface area (Å²) >= 11 is 0. The number of anilines is 2. The summed E-state index contributed by atoms with van der Waals surface area (Å²) in [7, 11) is 1.58. The Bertz CT molecular complexity index is 436. The van der Waals surface area contributed by atoms with Crippen LogP contribution < -0.4 is 10.2 Å². The Hall–Kier alpha value is -1.39. The summed E-state index contributed by atoms with van der Waals surface area (Å²) < 4.78 is 27.1. The molecule has 1 N–H and O–H groups in total. The molecule has 1 fully saturated rings. The summed E-state index contributed by atoms with van der Waals surface area (Å²) in [6.45, 7) is 5.92. The average Bonchev–Trinajstić information content (AvgIpc) is 2.30. The molecular formula is C13H19F2N3. The fraction of sp³-hybridized carbons (Fsp3) is 0.615. The topological polar surface area (TPSA) is 28.2 Å². The quantitative estimate of drug-likeness (QED) is 0.880. The van der Waals surface area contributed by atoms with E-state index in [-0.39, 0.29) is 11.6 Å². The summed E-state index contributed by atoms with van der Waals surface area (Å²) in [6, 6.07) is 0.897. The van der Waals surface area contributed by atoms with Crippen molar-refractivity contribution in [1.82, 2.24) is 4.98 Å². The zero-order valence-corrected chi connectivity index (χ0v) is 11.1. The maximum absolute atomic E-state index is 13.8. The molecule has 0 spiro atoms. The second kappa shape index (κ2) is 4.71. The van der Waals surface area contributed by atoms with Crippen LogP contribution in [-0.4, -0.2) is 25.1 Å². The summed E-state index contributed by atoms with van der Waals surface area (Å²) in [6.07, 6.45) is 1.97. The summed E-state index contributed by atoms with van der Waals surface area (Å²) in [5.41, 5.74) is 0.291. The van der Waals surface area contributed by atoms with Gasteiger partial charge in [0, 0.05) is 26.2 Å². The minimum absolute atomic E-state index is 0.0937. The van der Waals surface area contributed by atoms with E-state index in [9.17, 15) is 8.78 Å². The molecule has 0 aromatic carbocycles. The van der Waals surface area contributed by atoms with Crippen LogP contribution in [0.5, 0.6) is 0 Å². The number of aromatic nitrogens is 1. The first kappa shape index (κ1) is 13.1. The van der Waals surface area contributed by atoms with Crippen LogP contribution in [0.15, 0.2) is 6.07 Å². The van der Waals surface area contributed by atoms with Crippen LogP contribution in [0.25, 0.3) is 0 Å². The summed E-state index contributed by atoms with van der Waals surface area (Å²) in [5, 5.41) is 2.64. The molecule has 0 radical (unpaired) electrons. The average molecular weight is 255 g/mol. The lowest BCUT2D eigenvalue weighted by atomic mass is 9.83. The van der Waals surface area contributed by atoms with Gasteiger partial charge < -0.3 is 10.2 Å².